The minimum Gasteiger partial charge on any atom is -0.494 e. The molecule has 0 amide bonds. The van der Waals surface area contributed by atoms with E-state index in [0.29, 0.717) is 9.99 Å². The molecular formula is C11H8FIN2O4. The molecule has 0 bridgehead atoms. The van der Waals surface area contributed by atoms with Crippen LogP contribution in [0.2, 0.25) is 0 Å². The van der Waals surface area contributed by atoms with Crippen molar-refractivity contribution in [2.75, 3.05) is 0 Å². The van der Waals surface area contributed by atoms with Gasteiger partial charge in [0.1, 0.15) is 5.82 Å². The normalized spacial score (nSPS) is 10.6. The number of nitro benzene ring substituents is 1. The summed E-state index contributed by atoms with van der Waals surface area (Å²) in [4.78, 5) is 9.99. The smallest absolute Gasteiger partial charge is 0.271 e. The summed E-state index contributed by atoms with van der Waals surface area (Å²) in [5.74, 6) is -1.51. The molecule has 0 aliphatic heterocycles. The molecule has 0 fully saturated rings. The third-order valence-corrected chi connectivity index (χ3v) is 3.38. The first-order chi connectivity index (χ1) is 8.95. The third kappa shape index (κ3) is 2.35. The van der Waals surface area contributed by atoms with Crippen molar-refractivity contribution in [2.24, 2.45) is 0 Å². The Balaban J connectivity index is 2.68. The first-order valence-electron chi connectivity index (χ1n) is 5.08. The highest BCUT2D eigenvalue weighted by Crippen LogP contribution is 2.34. The van der Waals surface area contributed by atoms with E-state index in [1.165, 1.54) is 6.07 Å². The highest BCUT2D eigenvalue weighted by atomic mass is 127. The predicted molar refractivity (Wildman–Crippen MR) is 73.4 cm³/mol. The molecule has 0 saturated carbocycles. The van der Waals surface area contributed by atoms with Crippen molar-refractivity contribution in [3.05, 3.63) is 45.8 Å². The highest BCUT2D eigenvalue weighted by Gasteiger charge is 2.19. The van der Waals surface area contributed by atoms with Gasteiger partial charge in [0.25, 0.3) is 5.69 Å². The summed E-state index contributed by atoms with van der Waals surface area (Å²) in [6, 6.07) is 4.15. The summed E-state index contributed by atoms with van der Waals surface area (Å²) >= 11 is 1.97. The van der Waals surface area contributed by atoms with Crippen LogP contribution in [-0.2, 0) is 4.43 Å². The molecule has 2 N–H and O–H groups in total. The minimum atomic E-state index is -0.785. The van der Waals surface area contributed by atoms with Gasteiger partial charge >= 0.3 is 0 Å². The van der Waals surface area contributed by atoms with Gasteiger partial charge in [0, 0.05) is 28.2 Å². The maximum atomic E-state index is 13.7. The molecule has 0 saturated heterocycles. The number of hydrogen-bond acceptors (Lipinski definition) is 4. The Morgan fingerprint density at radius 1 is 1.37 bits per heavy atom. The van der Waals surface area contributed by atoms with E-state index in [4.69, 9.17) is 0 Å². The monoisotopic (exact) mass is 378 g/mol. The highest BCUT2D eigenvalue weighted by molar-refractivity contribution is 14.1. The van der Waals surface area contributed by atoms with Crippen molar-refractivity contribution >= 4 is 28.3 Å². The number of rotatable bonds is 3. The van der Waals surface area contributed by atoms with Gasteiger partial charge in [-0.1, -0.05) is 22.6 Å². The second-order valence-electron chi connectivity index (χ2n) is 3.71. The molecule has 1 heterocycles. The first-order valence-corrected chi connectivity index (χ1v) is 6.61. The zero-order valence-corrected chi connectivity index (χ0v) is 11.5. The molecule has 2 rings (SSSR count). The van der Waals surface area contributed by atoms with Crippen molar-refractivity contribution < 1.29 is 19.5 Å². The minimum absolute atomic E-state index is 0.277. The van der Waals surface area contributed by atoms with Crippen LogP contribution in [0.1, 0.15) is 5.56 Å². The number of aromatic nitrogens is 1. The summed E-state index contributed by atoms with van der Waals surface area (Å²) in [6.07, 6.45) is 0. The summed E-state index contributed by atoms with van der Waals surface area (Å²) in [7, 11) is 0. The van der Waals surface area contributed by atoms with Gasteiger partial charge in [-0.3, -0.25) is 10.1 Å². The zero-order chi connectivity index (χ0) is 14.2. The van der Waals surface area contributed by atoms with E-state index in [1.807, 2.05) is 22.6 Å². The fourth-order valence-corrected chi connectivity index (χ4v) is 2.22. The summed E-state index contributed by atoms with van der Waals surface area (Å²) in [6.45, 7) is 0. The van der Waals surface area contributed by atoms with Crippen LogP contribution in [0.5, 0.6) is 11.8 Å². The van der Waals surface area contributed by atoms with Crippen molar-refractivity contribution in [1.82, 2.24) is 4.57 Å². The Bertz CT molecular complexity index is 656. The molecule has 0 unspecified atom stereocenters. The van der Waals surface area contributed by atoms with Crippen molar-refractivity contribution in [1.29, 1.82) is 0 Å². The number of benzene rings is 1. The second-order valence-corrected chi connectivity index (χ2v) is 4.48. The van der Waals surface area contributed by atoms with Crippen molar-refractivity contribution in [3.63, 3.8) is 0 Å². The predicted octanol–water partition coefficient (Wildman–Crippen LogP) is 2.87. The van der Waals surface area contributed by atoms with Crippen LogP contribution < -0.4 is 0 Å². The fourth-order valence-electron chi connectivity index (χ4n) is 1.66. The lowest BCUT2D eigenvalue weighted by Gasteiger charge is -2.08. The number of aromatic hydroxyl groups is 2. The van der Waals surface area contributed by atoms with E-state index in [0.717, 1.165) is 22.8 Å². The number of halogens is 2. The average Bonchev–Trinajstić information content (AvgIpc) is 2.65. The molecule has 19 heavy (non-hydrogen) atoms. The van der Waals surface area contributed by atoms with Gasteiger partial charge in [0.2, 0.25) is 5.88 Å². The molecule has 0 spiro atoms. The van der Waals surface area contributed by atoms with Gasteiger partial charge < -0.3 is 10.2 Å². The Hall–Kier alpha value is -1.84. The first kappa shape index (κ1) is 13.6. The number of hydrogen-bond donors (Lipinski definition) is 2. The van der Waals surface area contributed by atoms with Crippen LogP contribution in [-0.4, -0.2) is 19.7 Å². The molecule has 6 nitrogen and oxygen atoms in total. The Morgan fingerprint density at radius 3 is 2.58 bits per heavy atom. The van der Waals surface area contributed by atoms with E-state index < -0.39 is 10.7 Å². The van der Waals surface area contributed by atoms with Crippen LogP contribution >= 0.6 is 22.6 Å². The molecule has 1 aromatic carbocycles. The third-order valence-electron chi connectivity index (χ3n) is 2.56. The molecule has 0 aliphatic rings. The van der Waals surface area contributed by atoms with Crippen LogP contribution in [0.15, 0.2) is 24.3 Å². The Labute approximate surface area is 120 Å². The number of non-ortho nitro benzene ring substituents is 1. The number of alkyl halides is 1. The lowest BCUT2D eigenvalue weighted by molar-refractivity contribution is -0.384. The van der Waals surface area contributed by atoms with Crippen LogP contribution in [0, 0.1) is 15.9 Å². The largest absolute Gasteiger partial charge is 0.494 e. The van der Waals surface area contributed by atoms with Crippen LogP contribution in [0.4, 0.5) is 10.1 Å². The standard InChI is InChI=1S/C11H8FIN2O4/c12-8-2-1-7(15(18)19)4-9(8)14-10(16)3-6(5-13)11(14)17/h1-4,16-17H,5H2. The van der Waals surface area contributed by atoms with E-state index in [1.54, 1.807) is 0 Å². The van der Waals surface area contributed by atoms with Crippen LogP contribution in [0.3, 0.4) is 0 Å². The fraction of sp³-hybridized carbons (Fsp3) is 0.0909. The molecule has 0 radical (unpaired) electrons. The zero-order valence-electron chi connectivity index (χ0n) is 9.38. The van der Waals surface area contributed by atoms with Gasteiger partial charge in [0.15, 0.2) is 5.88 Å². The van der Waals surface area contributed by atoms with Gasteiger partial charge in [-0.05, 0) is 6.07 Å². The molecule has 8 heteroatoms. The average molecular weight is 378 g/mol. The summed E-state index contributed by atoms with van der Waals surface area (Å²) < 4.78 is 15.0. The Kier molecular flexibility index (Phi) is 3.60. The second kappa shape index (κ2) is 5.03. The molecule has 0 atom stereocenters. The molecule has 0 aliphatic carbocycles. The van der Waals surface area contributed by atoms with E-state index in [2.05, 4.69) is 0 Å². The lowest BCUT2D eigenvalue weighted by atomic mass is 10.2. The maximum Gasteiger partial charge on any atom is 0.271 e. The van der Waals surface area contributed by atoms with E-state index in [9.17, 15) is 24.7 Å². The molecule has 2 aromatic rings. The summed E-state index contributed by atoms with van der Waals surface area (Å²) in [5, 5.41) is 30.3. The van der Waals surface area contributed by atoms with Gasteiger partial charge in [-0.2, -0.15) is 0 Å². The topological polar surface area (TPSA) is 88.5 Å². The van der Waals surface area contributed by atoms with E-state index in [-0.39, 0.29) is 23.1 Å². The van der Waals surface area contributed by atoms with Gasteiger partial charge in [0.05, 0.1) is 10.6 Å². The maximum absolute atomic E-state index is 13.7. The van der Waals surface area contributed by atoms with E-state index >= 15 is 0 Å². The van der Waals surface area contributed by atoms with Crippen LogP contribution in [0.25, 0.3) is 5.69 Å². The summed E-state index contributed by atoms with van der Waals surface area (Å²) in [5.41, 5.74) is -0.204. The Morgan fingerprint density at radius 2 is 2.05 bits per heavy atom. The van der Waals surface area contributed by atoms with Gasteiger partial charge in [-0.15, -0.1) is 0 Å². The lowest BCUT2D eigenvalue weighted by Crippen LogP contribution is -1.99. The quantitative estimate of drug-likeness (QED) is 0.372. The number of nitro groups is 1. The van der Waals surface area contributed by atoms with Crippen molar-refractivity contribution in [3.8, 4) is 17.4 Å². The van der Waals surface area contributed by atoms with Crippen molar-refractivity contribution in [2.45, 2.75) is 4.43 Å². The SMILES string of the molecule is O=[N+]([O-])c1ccc(F)c(-n2c(O)cc(CI)c2O)c1. The number of nitrogens with zero attached hydrogens (tertiary/aromatic N) is 2. The van der Waals surface area contributed by atoms with Gasteiger partial charge in [-0.25, -0.2) is 8.96 Å². The molecule has 100 valence electrons. The molecule has 1 aromatic heterocycles. The molecular weight excluding hydrogens is 370 g/mol.